The zero-order valence-corrected chi connectivity index (χ0v) is 12.0. The molecule has 0 aliphatic heterocycles. The van der Waals surface area contributed by atoms with Gasteiger partial charge in [-0.15, -0.1) is 0 Å². The third-order valence-electron chi connectivity index (χ3n) is 3.09. The summed E-state index contributed by atoms with van der Waals surface area (Å²) in [5.41, 5.74) is 3.47. The molecule has 1 amide bonds. The lowest BCUT2D eigenvalue weighted by Crippen LogP contribution is -2.14. The molecule has 1 heterocycles. The molecule has 5 heteroatoms. The van der Waals surface area contributed by atoms with Gasteiger partial charge in [-0.05, 0) is 26.0 Å². The Bertz CT molecular complexity index is 591. The first-order valence-corrected chi connectivity index (χ1v) is 6.54. The van der Waals surface area contributed by atoms with Crippen molar-refractivity contribution >= 4 is 11.6 Å². The van der Waals surface area contributed by atoms with E-state index in [2.05, 4.69) is 10.4 Å². The van der Waals surface area contributed by atoms with Gasteiger partial charge in [0.1, 0.15) is 0 Å². The van der Waals surface area contributed by atoms with Crippen LogP contribution in [0.1, 0.15) is 17.8 Å². The van der Waals surface area contributed by atoms with Crippen LogP contribution in [0.5, 0.6) is 0 Å². The van der Waals surface area contributed by atoms with E-state index in [1.54, 1.807) is 7.11 Å². The van der Waals surface area contributed by atoms with Crippen molar-refractivity contribution in [2.24, 2.45) is 0 Å². The predicted molar refractivity (Wildman–Crippen MR) is 78.2 cm³/mol. The summed E-state index contributed by atoms with van der Waals surface area (Å²) in [6, 6.07) is 9.85. The van der Waals surface area contributed by atoms with E-state index in [1.165, 1.54) is 0 Å². The number of carbonyl (C=O) groups excluding carboxylic acids is 1. The Labute approximate surface area is 118 Å². The summed E-state index contributed by atoms with van der Waals surface area (Å²) in [6.07, 6.45) is 0.339. The van der Waals surface area contributed by atoms with Crippen molar-refractivity contribution in [3.8, 4) is 5.69 Å². The van der Waals surface area contributed by atoms with Crippen LogP contribution in [0.2, 0.25) is 0 Å². The van der Waals surface area contributed by atoms with E-state index in [0.29, 0.717) is 13.0 Å². The van der Waals surface area contributed by atoms with Crippen LogP contribution in [0.3, 0.4) is 0 Å². The number of benzene rings is 1. The van der Waals surface area contributed by atoms with Gasteiger partial charge in [0.2, 0.25) is 5.91 Å². The molecule has 2 rings (SSSR count). The Morgan fingerprint density at radius 2 is 2.00 bits per heavy atom. The number of hydrogen-bond acceptors (Lipinski definition) is 3. The van der Waals surface area contributed by atoms with Crippen LogP contribution in [-0.2, 0) is 9.53 Å². The molecule has 106 valence electrons. The third kappa shape index (κ3) is 3.05. The molecule has 5 nitrogen and oxygen atoms in total. The van der Waals surface area contributed by atoms with E-state index >= 15 is 0 Å². The van der Waals surface area contributed by atoms with E-state index < -0.39 is 0 Å². The lowest BCUT2D eigenvalue weighted by Gasteiger charge is -2.06. The number of nitrogens with zero attached hydrogens (tertiary/aromatic N) is 2. The Balaban J connectivity index is 2.23. The van der Waals surface area contributed by atoms with Gasteiger partial charge in [0.25, 0.3) is 0 Å². The highest BCUT2D eigenvalue weighted by molar-refractivity contribution is 5.92. The maximum Gasteiger partial charge on any atom is 0.226 e. The molecule has 1 aromatic carbocycles. The fourth-order valence-corrected chi connectivity index (χ4v) is 2.04. The molecule has 1 N–H and O–H groups in total. The van der Waals surface area contributed by atoms with E-state index in [4.69, 9.17) is 4.74 Å². The number of rotatable bonds is 5. The Kier molecular flexibility index (Phi) is 4.53. The SMILES string of the molecule is COCCC(=O)Nc1c(C)nn(-c2ccccc2)c1C. The molecule has 1 aromatic heterocycles. The number of nitrogens with one attached hydrogen (secondary N) is 1. The van der Waals surface area contributed by atoms with Gasteiger partial charge >= 0.3 is 0 Å². The van der Waals surface area contributed by atoms with Crippen molar-refractivity contribution in [3.63, 3.8) is 0 Å². The summed E-state index contributed by atoms with van der Waals surface area (Å²) < 4.78 is 6.74. The number of amides is 1. The van der Waals surface area contributed by atoms with Crippen LogP contribution in [-0.4, -0.2) is 29.4 Å². The zero-order chi connectivity index (χ0) is 14.5. The maximum absolute atomic E-state index is 11.8. The third-order valence-corrected chi connectivity index (χ3v) is 3.09. The molecule has 0 aliphatic rings. The highest BCUT2D eigenvalue weighted by atomic mass is 16.5. The molecule has 0 atom stereocenters. The van der Waals surface area contributed by atoms with Crippen molar-refractivity contribution in [2.75, 3.05) is 19.0 Å². The molecular weight excluding hydrogens is 254 g/mol. The first-order valence-electron chi connectivity index (χ1n) is 6.54. The van der Waals surface area contributed by atoms with Crippen molar-refractivity contribution in [1.29, 1.82) is 0 Å². The monoisotopic (exact) mass is 273 g/mol. The lowest BCUT2D eigenvalue weighted by atomic mass is 10.2. The van der Waals surface area contributed by atoms with Crippen LogP contribution in [0.15, 0.2) is 30.3 Å². The molecule has 0 unspecified atom stereocenters. The maximum atomic E-state index is 11.8. The van der Waals surface area contributed by atoms with Gasteiger partial charge in [-0.25, -0.2) is 4.68 Å². The van der Waals surface area contributed by atoms with Gasteiger partial charge in [-0.1, -0.05) is 18.2 Å². The fourth-order valence-electron chi connectivity index (χ4n) is 2.04. The number of anilines is 1. The van der Waals surface area contributed by atoms with Crippen LogP contribution < -0.4 is 5.32 Å². The molecule has 20 heavy (non-hydrogen) atoms. The average molecular weight is 273 g/mol. The lowest BCUT2D eigenvalue weighted by molar-refractivity contribution is -0.117. The van der Waals surface area contributed by atoms with Crippen molar-refractivity contribution in [2.45, 2.75) is 20.3 Å². The topological polar surface area (TPSA) is 56.1 Å². The van der Waals surface area contributed by atoms with Crippen LogP contribution >= 0.6 is 0 Å². The Hall–Kier alpha value is -2.14. The van der Waals surface area contributed by atoms with Gasteiger partial charge in [0.15, 0.2) is 0 Å². The Morgan fingerprint density at radius 3 is 2.65 bits per heavy atom. The largest absolute Gasteiger partial charge is 0.384 e. The van der Waals surface area contributed by atoms with E-state index in [9.17, 15) is 4.79 Å². The summed E-state index contributed by atoms with van der Waals surface area (Å²) in [5, 5.41) is 7.39. The summed E-state index contributed by atoms with van der Waals surface area (Å²) in [7, 11) is 1.58. The van der Waals surface area contributed by atoms with Gasteiger partial charge in [-0.3, -0.25) is 4.79 Å². The number of methoxy groups -OCH3 is 1. The quantitative estimate of drug-likeness (QED) is 0.910. The molecule has 0 saturated heterocycles. The molecule has 0 spiro atoms. The Morgan fingerprint density at radius 1 is 1.30 bits per heavy atom. The predicted octanol–water partition coefficient (Wildman–Crippen LogP) is 2.46. The standard InChI is InChI=1S/C15H19N3O2/c1-11-15(16-14(19)9-10-20-3)12(2)18(17-11)13-7-5-4-6-8-13/h4-8H,9-10H2,1-3H3,(H,16,19). The van der Waals surface area contributed by atoms with E-state index in [-0.39, 0.29) is 5.91 Å². The highest BCUT2D eigenvalue weighted by Crippen LogP contribution is 2.22. The number of carbonyl (C=O) groups is 1. The summed E-state index contributed by atoms with van der Waals surface area (Å²) in [4.78, 5) is 11.8. The first-order chi connectivity index (χ1) is 9.63. The minimum absolute atomic E-state index is 0.0642. The molecule has 0 aliphatic carbocycles. The second kappa shape index (κ2) is 6.34. The second-order valence-electron chi connectivity index (χ2n) is 4.58. The van der Waals surface area contributed by atoms with Gasteiger partial charge in [0.05, 0.1) is 35.8 Å². The van der Waals surface area contributed by atoms with E-state index in [0.717, 1.165) is 22.8 Å². The minimum Gasteiger partial charge on any atom is -0.384 e. The van der Waals surface area contributed by atoms with Crippen molar-refractivity contribution in [1.82, 2.24) is 9.78 Å². The normalized spacial score (nSPS) is 10.6. The molecule has 0 saturated carbocycles. The zero-order valence-electron chi connectivity index (χ0n) is 12.0. The summed E-state index contributed by atoms with van der Waals surface area (Å²) in [6.45, 7) is 4.24. The average Bonchev–Trinajstić information content (AvgIpc) is 2.74. The molecule has 0 bridgehead atoms. The van der Waals surface area contributed by atoms with Gasteiger partial charge in [-0.2, -0.15) is 5.10 Å². The van der Waals surface area contributed by atoms with Crippen molar-refractivity contribution < 1.29 is 9.53 Å². The first kappa shape index (κ1) is 14.3. The summed E-state index contributed by atoms with van der Waals surface area (Å²) in [5.74, 6) is -0.0642. The number of para-hydroxylation sites is 1. The van der Waals surface area contributed by atoms with Crippen LogP contribution in [0, 0.1) is 13.8 Å². The van der Waals surface area contributed by atoms with Gasteiger partial charge in [0, 0.05) is 7.11 Å². The molecule has 0 radical (unpaired) electrons. The molecule has 0 fully saturated rings. The summed E-state index contributed by atoms with van der Waals surface area (Å²) >= 11 is 0. The number of aromatic nitrogens is 2. The smallest absolute Gasteiger partial charge is 0.226 e. The second-order valence-corrected chi connectivity index (χ2v) is 4.58. The fraction of sp³-hybridized carbons (Fsp3) is 0.333. The van der Waals surface area contributed by atoms with Crippen LogP contribution in [0.4, 0.5) is 5.69 Å². The number of hydrogen-bond donors (Lipinski definition) is 1. The number of ether oxygens (including phenoxy) is 1. The minimum atomic E-state index is -0.0642. The number of aryl methyl sites for hydroxylation is 1. The molecule has 2 aromatic rings. The van der Waals surface area contributed by atoms with Gasteiger partial charge < -0.3 is 10.1 Å². The highest BCUT2D eigenvalue weighted by Gasteiger charge is 2.14. The van der Waals surface area contributed by atoms with Crippen LogP contribution in [0.25, 0.3) is 5.69 Å². The molecular formula is C15H19N3O2. The van der Waals surface area contributed by atoms with E-state index in [1.807, 2.05) is 48.9 Å². The van der Waals surface area contributed by atoms with Crippen molar-refractivity contribution in [3.05, 3.63) is 41.7 Å².